The molecule has 2 heterocycles. The van der Waals surface area contributed by atoms with Crippen LogP contribution in [-0.2, 0) is 24.6 Å². The maximum Gasteiger partial charge on any atom is 0.405 e. The maximum absolute atomic E-state index is 14.1. The summed E-state index contributed by atoms with van der Waals surface area (Å²) in [7, 11) is 0. The van der Waals surface area contributed by atoms with Gasteiger partial charge < -0.3 is 51.5 Å². The Hall–Kier alpha value is -6.78. The number of fused-ring (bicyclic) bond motifs is 3. The molecule has 2 fully saturated rings. The zero-order valence-electron chi connectivity index (χ0n) is 36.4. The van der Waals surface area contributed by atoms with Gasteiger partial charge in [0.15, 0.2) is 0 Å². The number of hydrogen-bond acceptors (Lipinski definition) is 8. The Morgan fingerprint density at radius 1 is 0.600 bits per heavy atom. The van der Waals surface area contributed by atoms with Crippen LogP contribution in [0.3, 0.4) is 0 Å². The van der Waals surface area contributed by atoms with Crippen molar-refractivity contribution in [3.05, 3.63) is 119 Å². The van der Waals surface area contributed by atoms with Gasteiger partial charge in [-0.25, -0.2) is 9.59 Å². The number of anilines is 2. The molecule has 0 aromatic heterocycles. The number of likely N-dealkylation sites (tertiary alicyclic amines) is 2. The van der Waals surface area contributed by atoms with Crippen molar-refractivity contribution in [1.82, 2.24) is 20.4 Å². The number of amides is 6. The SMILES string of the molecule is CCCCC1(CCCC)c2cc(NC(=O)[C@@H]3C[C@@H](O)CN3C(=O)C(NC(=O)O)c3ccccc3)ccc2-c2ccc(NC(=O)[C@@H]3C[C@@H](O)CN3C(=O)C(NC(=O)O)c3ccccc3)cc21. The molecule has 65 heavy (non-hydrogen) atoms. The monoisotopic (exact) mass is 888 g/mol. The molecule has 342 valence electrons. The Bertz CT molecular complexity index is 2250. The van der Waals surface area contributed by atoms with E-state index in [-0.39, 0.29) is 25.9 Å². The third-order valence-corrected chi connectivity index (χ3v) is 12.8. The number of aliphatic hydroxyl groups is 2. The molecule has 2 aliphatic heterocycles. The topological polar surface area (TPSA) is 238 Å². The lowest BCUT2D eigenvalue weighted by atomic mass is 9.70. The van der Waals surface area contributed by atoms with Gasteiger partial charge >= 0.3 is 12.2 Å². The van der Waals surface area contributed by atoms with Crippen molar-refractivity contribution >= 4 is 47.2 Å². The van der Waals surface area contributed by atoms with Crippen molar-refractivity contribution < 1.29 is 49.2 Å². The van der Waals surface area contributed by atoms with Crippen molar-refractivity contribution in [1.29, 1.82) is 0 Å². The zero-order chi connectivity index (χ0) is 46.4. The molecule has 0 saturated carbocycles. The summed E-state index contributed by atoms with van der Waals surface area (Å²) < 4.78 is 0. The number of β-amino-alcohol motifs (C(OH)–C–C–N with tert-alkyl or cyclic N) is 2. The second kappa shape index (κ2) is 19.9. The molecular weight excluding hydrogens is 833 g/mol. The first-order valence-corrected chi connectivity index (χ1v) is 22.2. The number of nitrogens with zero attached hydrogens (tertiary/aromatic N) is 2. The molecule has 7 rings (SSSR count). The van der Waals surface area contributed by atoms with Crippen LogP contribution in [0.5, 0.6) is 0 Å². The van der Waals surface area contributed by atoms with Gasteiger partial charge in [0.2, 0.25) is 11.8 Å². The van der Waals surface area contributed by atoms with Gasteiger partial charge in [-0.05, 0) is 70.5 Å². The molecule has 1 aliphatic carbocycles. The zero-order valence-corrected chi connectivity index (χ0v) is 36.4. The van der Waals surface area contributed by atoms with Crippen LogP contribution < -0.4 is 21.3 Å². The smallest absolute Gasteiger partial charge is 0.405 e. The van der Waals surface area contributed by atoms with Crippen LogP contribution in [-0.4, -0.2) is 103 Å². The highest BCUT2D eigenvalue weighted by atomic mass is 16.4. The molecule has 0 bridgehead atoms. The predicted octanol–water partition coefficient (Wildman–Crippen LogP) is 6.15. The molecule has 2 saturated heterocycles. The van der Waals surface area contributed by atoms with E-state index >= 15 is 0 Å². The molecule has 8 N–H and O–H groups in total. The van der Waals surface area contributed by atoms with E-state index < -0.39 is 77.6 Å². The van der Waals surface area contributed by atoms with Crippen LogP contribution in [0, 0.1) is 0 Å². The van der Waals surface area contributed by atoms with Gasteiger partial charge in [-0.2, -0.15) is 0 Å². The number of carbonyl (C=O) groups excluding carboxylic acids is 4. The van der Waals surface area contributed by atoms with Crippen LogP contribution >= 0.6 is 0 Å². The Balaban J connectivity index is 1.16. The van der Waals surface area contributed by atoms with E-state index in [1.165, 1.54) is 9.80 Å². The molecule has 0 spiro atoms. The predicted molar refractivity (Wildman–Crippen MR) is 242 cm³/mol. The summed E-state index contributed by atoms with van der Waals surface area (Å²) in [5.74, 6) is -2.36. The minimum absolute atomic E-state index is 0.0352. The lowest BCUT2D eigenvalue weighted by Gasteiger charge is -2.33. The standard InChI is InChI=1S/C49H56N6O10/c1-3-5-21-49(22-6-4-2)37-23-31(50-43(58)39-25-33(56)27-54(39)45(60)41(52-47(62)63)29-13-9-7-10-14-29)17-19-35(37)36-20-18-32(24-38(36)49)51-44(59)40-26-34(57)28-55(40)46(61)42(53-48(64)65)30-15-11-8-12-16-30/h7-20,23-24,33-34,39-42,52-53,56-57H,3-6,21-22,25-28H2,1-2H3,(H,50,58)(H,51,59)(H,62,63)(H,64,65)/t33-,34-,39+,40+,41?,42?/m1/s1. The summed E-state index contributed by atoms with van der Waals surface area (Å²) >= 11 is 0. The van der Waals surface area contributed by atoms with Crippen molar-refractivity contribution in [3.63, 3.8) is 0 Å². The van der Waals surface area contributed by atoms with Gasteiger partial charge in [-0.1, -0.05) is 112 Å². The highest BCUT2D eigenvalue weighted by Crippen LogP contribution is 2.55. The minimum atomic E-state index is -1.41. The van der Waals surface area contributed by atoms with E-state index in [2.05, 4.69) is 35.1 Å². The molecule has 6 amide bonds. The second-order valence-corrected chi connectivity index (χ2v) is 17.2. The van der Waals surface area contributed by atoms with E-state index in [1.54, 1.807) is 72.8 Å². The normalized spacial score (nSPS) is 20.2. The fourth-order valence-electron chi connectivity index (χ4n) is 9.78. The third-order valence-electron chi connectivity index (χ3n) is 12.8. The van der Waals surface area contributed by atoms with Crippen molar-refractivity contribution in [3.8, 4) is 11.1 Å². The number of unbranched alkanes of at least 4 members (excludes halogenated alkanes) is 2. The lowest BCUT2D eigenvalue weighted by molar-refractivity contribution is -0.138. The van der Waals surface area contributed by atoms with E-state index in [1.807, 2.05) is 24.3 Å². The number of carbonyl (C=O) groups is 6. The van der Waals surface area contributed by atoms with Crippen molar-refractivity contribution in [2.75, 3.05) is 23.7 Å². The van der Waals surface area contributed by atoms with Crippen LogP contribution in [0.1, 0.15) is 99.6 Å². The maximum atomic E-state index is 14.1. The Morgan fingerprint density at radius 2 is 0.985 bits per heavy atom. The largest absolute Gasteiger partial charge is 0.465 e. The average Bonchev–Trinajstić information content (AvgIpc) is 3.97. The Morgan fingerprint density at radius 3 is 1.34 bits per heavy atom. The first kappa shape index (κ1) is 46.2. The van der Waals surface area contributed by atoms with Gasteiger partial charge in [-0.15, -0.1) is 0 Å². The molecule has 4 aromatic carbocycles. The van der Waals surface area contributed by atoms with Gasteiger partial charge in [0.25, 0.3) is 11.8 Å². The number of benzene rings is 4. The molecule has 4 aromatic rings. The molecule has 16 heteroatoms. The van der Waals surface area contributed by atoms with E-state index in [0.717, 1.165) is 60.8 Å². The minimum Gasteiger partial charge on any atom is -0.465 e. The van der Waals surface area contributed by atoms with Crippen LogP contribution in [0.25, 0.3) is 11.1 Å². The summed E-state index contributed by atoms with van der Waals surface area (Å²) in [6.07, 6.45) is 0.219. The summed E-state index contributed by atoms with van der Waals surface area (Å²) in [5, 5.41) is 51.2. The first-order valence-electron chi connectivity index (χ1n) is 22.2. The molecule has 2 unspecified atom stereocenters. The Labute approximate surface area is 377 Å². The molecule has 6 atom stereocenters. The molecular formula is C49H56N6O10. The van der Waals surface area contributed by atoms with Crippen molar-refractivity contribution in [2.45, 2.75) is 107 Å². The lowest BCUT2D eigenvalue weighted by Crippen LogP contribution is -2.48. The third kappa shape index (κ3) is 9.83. The fraction of sp³-hybridized carbons (Fsp3) is 0.388. The van der Waals surface area contributed by atoms with Crippen LogP contribution in [0.15, 0.2) is 97.1 Å². The van der Waals surface area contributed by atoms with Crippen molar-refractivity contribution in [2.24, 2.45) is 0 Å². The fourth-order valence-corrected chi connectivity index (χ4v) is 9.78. The number of rotatable bonds is 16. The van der Waals surface area contributed by atoms with Gasteiger partial charge in [0.1, 0.15) is 24.2 Å². The van der Waals surface area contributed by atoms with Gasteiger partial charge in [0, 0.05) is 42.7 Å². The van der Waals surface area contributed by atoms with Gasteiger partial charge in [0.05, 0.1) is 12.2 Å². The summed E-state index contributed by atoms with van der Waals surface area (Å²) in [4.78, 5) is 82.1. The first-order chi connectivity index (χ1) is 31.2. The summed E-state index contributed by atoms with van der Waals surface area (Å²) in [6.45, 7) is 3.94. The molecule has 16 nitrogen and oxygen atoms in total. The van der Waals surface area contributed by atoms with Crippen LogP contribution in [0.4, 0.5) is 21.0 Å². The number of nitrogens with one attached hydrogen (secondary N) is 4. The Kier molecular flexibility index (Phi) is 14.2. The quantitative estimate of drug-likeness (QED) is 0.0639. The molecule has 0 radical (unpaired) electrons. The second-order valence-electron chi connectivity index (χ2n) is 17.2. The van der Waals surface area contributed by atoms with Crippen LogP contribution in [0.2, 0.25) is 0 Å². The number of aliphatic hydroxyl groups excluding tert-OH is 2. The molecule has 3 aliphatic rings. The summed E-state index contributed by atoms with van der Waals surface area (Å²) in [5.41, 5.74) is 5.18. The highest BCUT2D eigenvalue weighted by molar-refractivity contribution is 6.01. The van der Waals surface area contributed by atoms with Gasteiger partial charge in [-0.3, -0.25) is 19.2 Å². The highest BCUT2D eigenvalue weighted by Gasteiger charge is 2.46. The van der Waals surface area contributed by atoms with E-state index in [4.69, 9.17) is 0 Å². The van der Waals surface area contributed by atoms with E-state index in [0.29, 0.717) is 22.5 Å². The van der Waals surface area contributed by atoms with E-state index in [9.17, 15) is 49.2 Å². The summed E-state index contributed by atoms with van der Waals surface area (Å²) in [6, 6.07) is 23.3. The average molecular weight is 889 g/mol. The number of carboxylic acid groups (broad SMARTS) is 2. The number of hydrogen-bond donors (Lipinski definition) is 8.